The molecule has 13 heteroatoms. The molecule has 0 bridgehead atoms. The van der Waals surface area contributed by atoms with Gasteiger partial charge in [0.05, 0.1) is 26.2 Å². The summed E-state index contributed by atoms with van der Waals surface area (Å²) in [5.74, 6) is -1.32. The van der Waals surface area contributed by atoms with E-state index in [1.54, 1.807) is 12.1 Å². The van der Waals surface area contributed by atoms with E-state index in [1.165, 1.54) is 49.4 Å². The smallest absolute Gasteiger partial charge is 0.354 e. The first-order chi connectivity index (χ1) is 19.3. The van der Waals surface area contributed by atoms with Crippen LogP contribution in [0.2, 0.25) is 10.0 Å². The summed E-state index contributed by atoms with van der Waals surface area (Å²) < 4.78 is 68.6. The third kappa shape index (κ3) is 8.15. The van der Waals surface area contributed by atoms with E-state index in [1.807, 2.05) is 6.92 Å². The molecular formula is C28H28Cl2F3N3O4S. The van der Waals surface area contributed by atoms with Crippen molar-refractivity contribution in [2.45, 2.75) is 43.9 Å². The fraction of sp³-hybridized carbons (Fsp3) is 0.286. The minimum atomic E-state index is -4.76. The van der Waals surface area contributed by atoms with Crippen molar-refractivity contribution in [1.29, 1.82) is 0 Å². The molecule has 7 nitrogen and oxygen atoms in total. The highest BCUT2D eigenvalue weighted by Gasteiger charge is 2.35. The molecule has 0 aromatic heterocycles. The Morgan fingerprint density at radius 3 is 2.24 bits per heavy atom. The van der Waals surface area contributed by atoms with Gasteiger partial charge in [-0.25, -0.2) is 8.42 Å². The van der Waals surface area contributed by atoms with Crippen molar-refractivity contribution < 1.29 is 31.2 Å². The SMILES string of the molecule is CCCNC(=O)C(C)N(Cc1ccc(Cl)c(Cl)c1)C(=O)CN(c1cccc(C(F)(F)F)c1)S(=O)(=O)c1ccccc1. The Bertz CT molecular complexity index is 1490. The molecule has 3 aromatic carbocycles. The van der Waals surface area contributed by atoms with E-state index in [9.17, 15) is 31.2 Å². The second kappa shape index (κ2) is 13.6. The van der Waals surface area contributed by atoms with Crippen LogP contribution in [0.15, 0.2) is 77.7 Å². The fourth-order valence-electron chi connectivity index (χ4n) is 3.90. The van der Waals surface area contributed by atoms with Crippen LogP contribution in [0.4, 0.5) is 18.9 Å². The summed E-state index contributed by atoms with van der Waals surface area (Å²) in [5, 5.41) is 3.18. The van der Waals surface area contributed by atoms with Gasteiger partial charge in [-0.1, -0.05) is 60.5 Å². The van der Waals surface area contributed by atoms with Gasteiger partial charge in [0.1, 0.15) is 12.6 Å². The molecule has 3 rings (SSSR count). The van der Waals surface area contributed by atoms with Crippen molar-refractivity contribution in [3.8, 4) is 0 Å². The molecule has 220 valence electrons. The summed E-state index contributed by atoms with van der Waals surface area (Å²) in [5.41, 5.74) is -0.954. The van der Waals surface area contributed by atoms with Gasteiger partial charge in [0.2, 0.25) is 11.8 Å². The lowest BCUT2D eigenvalue weighted by Crippen LogP contribution is -2.51. The lowest BCUT2D eigenvalue weighted by Gasteiger charge is -2.32. The quantitative estimate of drug-likeness (QED) is 0.276. The van der Waals surface area contributed by atoms with Crippen LogP contribution in [0.5, 0.6) is 0 Å². The van der Waals surface area contributed by atoms with Gasteiger partial charge >= 0.3 is 6.18 Å². The Morgan fingerprint density at radius 1 is 0.951 bits per heavy atom. The second-order valence-electron chi connectivity index (χ2n) is 9.11. The summed E-state index contributed by atoms with van der Waals surface area (Å²) in [4.78, 5) is 27.6. The zero-order valence-electron chi connectivity index (χ0n) is 22.2. The zero-order valence-corrected chi connectivity index (χ0v) is 24.5. The summed E-state index contributed by atoms with van der Waals surface area (Å²) >= 11 is 12.1. The minimum absolute atomic E-state index is 0.155. The van der Waals surface area contributed by atoms with Gasteiger partial charge in [-0.3, -0.25) is 13.9 Å². The molecule has 0 radical (unpaired) electrons. The number of anilines is 1. The van der Waals surface area contributed by atoms with Gasteiger partial charge in [-0.05, 0) is 61.4 Å². The maximum atomic E-state index is 13.8. The van der Waals surface area contributed by atoms with Crippen LogP contribution in [0.3, 0.4) is 0 Å². The molecule has 0 saturated heterocycles. The average Bonchev–Trinajstić information content (AvgIpc) is 2.94. The van der Waals surface area contributed by atoms with E-state index in [2.05, 4.69) is 5.32 Å². The number of carbonyl (C=O) groups is 2. The highest BCUT2D eigenvalue weighted by Crippen LogP contribution is 2.33. The molecule has 0 spiro atoms. The highest BCUT2D eigenvalue weighted by atomic mass is 35.5. The van der Waals surface area contributed by atoms with E-state index in [0.29, 0.717) is 28.9 Å². The third-order valence-electron chi connectivity index (χ3n) is 6.12. The maximum absolute atomic E-state index is 13.8. The third-order valence-corrected chi connectivity index (χ3v) is 8.65. The van der Waals surface area contributed by atoms with Crippen molar-refractivity contribution in [3.63, 3.8) is 0 Å². The molecule has 0 aliphatic rings. The lowest BCUT2D eigenvalue weighted by molar-refractivity contribution is -0.139. The zero-order chi connectivity index (χ0) is 30.4. The van der Waals surface area contributed by atoms with Crippen molar-refractivity contribution in [1.82, 2.24) is 10.2 Å². The molecule has 0 heterocycles. The number of nitrogens with one attached hydrogen (secondary N) is 1. The van der Waals surface area contributed by atoms with Crippen LogP contribution in [-0.2, 0) is 32.3 Å². The van der Waals surface area contributed by atoms with Crippen LogP contribution in [-0.4, -0.2) is 44.3 Å². The topological polar surface area (TPSA) is 86.8 Å². The summed E-state index contributed by atoms with van der Waals surface area (Å²) in [6, 6.07) is 14.3. The van der Waals surface area contributed by atoms with E-state index >= 15 is 0 Å². The minimum Gasteiger partial charge on any atom is -0.354 e. The van der Waals surface area contributed by atoms with Gasteiger partial charge in [0.25, 0.3) is 10.0 Å². The molecular weight excluding hydrogens is 602 g/mol. The van der Waals surface area contributed by atoms with E-state index in [-0.39, 0.29) is 27.2 Å². The Hall–Kier alpha value is -3.28. The molecule has 1 unspecified atom stereocenters. The van der Waals surface area contributed by atoms with Gasteiger partial charge in [0, 0.05) is 13.1 Å². The maximum Gasteiger partial charge on any atom is 0.416 e. The number of hydrogen-bond acceptors (Lipinski definition) is 4. The molecule has 0 aliphatic carbocycles. The molecule has 0 aliphatic heterocycles. The van der Waals surface area contributed by atoms with E-state index in [0.717, 1.165) is 17.0 Å². The number of halogens is 5. The van der Waals surface area contributed by atoms with Crippen molar-refractivity contribution in [3.05, 3.63) is 94.0 Å². The molecule has 0 saturated carbocycles. The van der Waals surface area contributed by atoms with Crippen molar-refractivity contribution in [2.75, 3.05) is 17.4 Å². The first-order valence-corrected chi connectivity index (χ1v) is 14.7. The number of benzene rings is 3. The standard InChI is InChI=1S/C28H28Cl2F3N3O4S/c1-3-14-34-27(38)19(2)35(17-20-12-13-24(29)25(30)15-20)26(37)18-36(41(39,40)23-10-5-4-6-11-23)22-9-7-8-21(16-22)28(31,32)33/h4-13,15-16,19H,3,14,17-18H2,1-2H3,(H,34,38). The van der Waals surface area contributed by atoms with Gasteiger partial charge in [-0.15, -0.1) is 0 Å². The number of rotatable bonds is 11. The largest absolute Gasteiger partial charge is 0.416 e. The number of sulfonamides is 1. The summed E-state index contributed by atoms with van der Waals surface area (Å²) in [6.07, 6.45) is -4.12. The lowest BCUT2D eigenvalue weighted by atomic mass is 10.1. The molecule has 1 N–H and O–H groups in total. The molecule has 1 atom stereocenters. The number of carbonyl (C=O) groups excluding carboxylic acids is 2. The van der Waals surface area contributed by atoms with Crippen LogP contribution >= 0.6 is 23.2 Å². The van der Waals surface area contributed by atoms with Crippen LogP contribution < -0.4 is 9.62 Å². The molecule has 3 aromatic rings. The van der Waals surface area contributed by atoms with E-state index < -0.39 is 46.2 Å². The van der Waals surface area contributed by atoms with Crippen molar-refractivity contribution >= 4 is 50.7 Å². The Kier molecular flexibility index (Phi) is 10.7. The van der Waals surface area contributed by atoms with Crippen LogP contribution in [0.1, 0.15) is 31.4 Å². The monoisotopic (exact) mass is 629 g/mol. The van der Waals surface area contributed by atoms with Crippen LogP contribution in [0.25, 0.3) is 0 Å². The Morgan fingerprint density at radius 2 is 1.63 bits per heavy atom. The van der Waals surface area contributed by atoms with Gasteiger partial charge < -0.3 is 10.2 Å². The Balaban J connectivity index is 2.08. The second-order valence-corrected chi connectivity index (χ2v) is 11.8. The molecule has 0 fully saturated rings. The van der Waals surface area contributed by atoms with E-state index in [4.69, 9.17) is 23.2 Å². The van der Waals surface area contributed by atoms with Gasteiger partial charge in [0.15, 0.2) is 0 Å². The fourth-order valence-corrected chi connectivity index (χ4v) is 5.65. The predicted octanol–water partition coefficient (Wildman–Crippen LogP) is 6.15. The molecule has 41 heavy (non-hydrogen) atoms. The number of alkyl halides is 3. The number of hydrogen-bond donors (Lipinski definition) is 1. The molecule has 2 amide bonds. The highest BCUT2D eigenvalue weighted by molar-refractivity contribution is 7.92. The first kappa shape index (κ1) is 32.2. The number of nitrogens with zero attached hydrogens (tertiary/aromatic N) is 2. The number of amides is 2. The Labute approximate surface area is 246 Å². The van der Waals surface area contributed by atoms with Crippen LogP contribution in [0, 0.1) is 0 Å². The van der Waals surface area contributed by atoms with Crippen molar-refractivity contribution in [2.24, 2.45) is 0 Å². The summed E-state index contributed by atoms with van der Waals surface area (Å²) in [6.45, 7) is 2.63. The van der Waals surface area contributed by atoms with Gasteiger partial charge in [-0.2, -0.15) is 13.2 Å². The summed E-state index contributed by atoms with van der Waals surface area (Å²) in [7, 11) is -4.51. The average molecular weight is 631 g/mol. The predicted molar refractivity (Wildman–Crippen MR) is 152 cm³/mol. The first-order valence-electron chi connectivity index (χ1n) is 12.5. The normalized spacial score (nSPS) is 12.5.